The van der Waals surface area contributed by atoms with Gasteiger partial charge >= 0.3 is 6.18 Å². The summed E-state index contributed by atoms with van der Waals surface area (Å²) in [5, 5.41) is 6.94. The summed E-state index contributed by atoms with van der Waals surface area (Å²) >= 11 is 0. The molecule has 2 aliphatic heterocycles. The lowest BCUT2D eigenvalue weighted by atomic mass is 10.1. The molecule has 138 valence electrons. The number of carbonyl (C=O) groups is 1. The van der Waals surface area contributed by atoms with Gasteiger partial charge in [0.15, 0.2) is 5.69 Å². The van der Waals surface area contributed by atoms with Gasteiger partial charge in [0.2, 0.25) is 0 Å². The van der Waals surface area contributed by atoms with Gasteiger partial charge in [-0.3, -0.25) is 4.79 Å². The standard InChI is InChI=1S/C18H19F3N4O/c19-18(20,21)16-14-7-8-22-11-15(14)25(23-16)13-5-3-12(4-6-13)17(26)24-9-1-2-10-24/h3-6,22H,1-2,7-11H2. The smallest absolute Gasteiger partial charge is 0.339 e. The van der Waals surface area contributed by atoms with Gasteiger partial charge in [-0.05, 0) is 50.1 Å². The van der Waals surface area contributed by atoms with E-state index in [0.717, 1.165) is 25.9 Å². The fourth-order valence-corrected chi connectivity index (χ4v) is 3.64. The maximum Gasteiger partial charge on any atom is 0.435 e. The molecule has 0 atom stereocenters. The van der Waals surface area contributed by atoms with Crippen LogP contribution in [0.3, 0.4) is 0 Å². The van der Waals surface area contributed by atoms with Gasteiger partial charge in [-0.1, -0.05) is 0 Å². The average molecular weight is 364 g/mol. The minimum absolute atomic E-state index is 0.0332. The third-order valence-electron chi connectivity index (χ3n) is 4.95. The van der Waals surface area contributed by atoms with Crippen LogP contribution in [0.1, 0.15) is 40.2 Å². The second kappa shape index (κ2) is 6.42. The van der Waals surface area contributed by atoms with Crippen molar-refractivity contribution in [1.29, 1.82) is 0 Å². The zero-order valence-corrected chi connectivity index (χ0v) is 14.1. The van der Waals surface area contributed by atoms with E-state index in [0.29, 0.717) is 36.5 Å². The first-order chi connectivity index (χ1) is 12.4. The predicted molar refractivity (Wildman–Crippen MR) is 89.1 cm³/mol. The van der Waals surface area contributed by atoms with Crippen LogP contribution in [0, 0.1) is 0 Å². The van der Waals surface area contributed by atoms with Crippen molar-refractivity contribution in [3.05, 3.63) is 46.8 Å². The van der Waals surface area contributed by atoms with Crippen LogP contribution in [0.15, 0.2) is 24.3 Å². The molecule has 4 rings (SSSR count). The van der Waals surface area contributed by atoms with E-state index in [9.17, 15) is 18.0 Å². The maximum atomic E-state index is 13.3. The summed E-state index contributed by atoms with van der Waals surface area (Å²) in [6.07, 6.45) is -2.15. The first-order valence-electron chi connectivity index (χ1n) is 8.73. The Bertz CT molecular complexity index is 820. The molecule has 0 bridgehead atoms. The molecule has 0 aliphatic carbocycles. The van der Waals surface area contributed by atoms with Crippen LogP contribution in [0.25, 0.3) is 5.69 Å². The molecule has 0 spiro atoms. The fraction of sp³-hybridized carbons (Fsp3) is 0.444. The van der Waals surface area contributed by atoms with E-state index in [1.807, 2.05) is 0 Å². The summed E-state index contributed by atoms with van der Waals surface area (Å²) < 4.78 is 41.2. The molecule has 1 saturated heterocycles. The number of carbonyl (C=O) groups excluding carboxylic acids is 1. The molecule has 1 N–H and O–H groups in total. The highest BCUT2D eigenvalue weighted by Crippen LogP contribution is 2.34. The van der Waals surface area contributed by atoms with Crippen molar-refractivity contribution in [3.8, 4) is 5.69 Å². The number of nitrogens with zero attached hydrogens (tertiary/aromatic N) is 3. The highest BCUT2D eigenvalue weighted by Gasteiger charge is 2.39. The molecule has 3 heterocycles. The quantitative estimate of drug-likeness (QED) is 0.892. The molecular formula is C18H19F3N4O. The molecule has 8 heteroatoms. The number of benzene rings is 1. The van der Waals surface area contributed by atoms with Crippen molar-refractivity contribution in [2.45, 2.75) is 32.0 Å². The average Bonchev–Trinajstić information content (AvgIpc) is 3.29. The van der Waals surface area contributed by atoms with E-state index in [4.69, 9.17) is 0 Å². The van der Waals surface area contributed by atoms with E-state index in [2.05, 4.69) is 10.4 Å². The number of fused-ring (bicyclic) bond motifs is 1. The van der Waals surface area contributed by atoms with Crippen LogP contribution in [0.5, 0.6) is 0 Å². The van der Waals surface area contributed by atoms with E-state index >= 15 is 0 Å². The first kappa shape index (κ1) is 17.1. The lowest BCUT2D eigenvalue weighted by molar-refractivity contribution is -0.142. The summed E-state index contributed by atoms with van der Waals surface area (Å²) in [7, 11) is 0. The molecule has 1 fully saturated rings. The van der Waals surface area contributed by atoms with Crippen LogP contribution in [-0.4, -0.2) is 40.2 Å². The molecule has 1 aromatic heterocycles. The Kier molecular flexibility index (Phi) is 4.22. The lowest BCUT2D eigenvalue weighted by Gasteiger charge is -2.17. The number of hydrogen-bond donors (Lipinski definition) is 1. The Morgan fingerprint density at radius 2 is 1.81 bits per heavy atom. The third kappa shape index (κ3) is 2.98. The monoisotopic (exact) mass is 364 g/mol. The van der Waals surface area contributed by atoms with Crippen LogP contribution >= 0.6 is 0 Å². The second-order valence-electron chi connectivity index (χ2n) is 6.66. The van der Waals surface area contributed by atoms with E-state index < -0.39 is 11.9 Å². The highest BCUT2D eigenvalue weighted by atomic mass is 19.4. The van der Waals surface area contributed by atoms with Gasteiger partial charge in [-0.2, -0.15) is 18.3 Å². The van der Waals surface area contributed by atoms with Crippen molar-refractivity contribution < 1.29 is 18.0 Å². The largest absolute Gasteiger partial charge is 0.435 e. The van der Waals surface area contributed by atoms with Gasteiger partial charge in [0.05, 0.1) is 11.4 Å². The second-order valence-corrected chi connectivity index (χ2v) is 6.66. The number of aromatic nitrogens is 2. The topological polar surface area (TPSA) is 50.2 Å². The van der Waals surface area contributed by atoms with Crippen molar-refractivity contribution in [2.24, 2.45) is 0 Å². The van der Waals surface area contributed by atoms with Crippen molar-refractivity contribution in [3.63, 3.8) is 0 Å². The number of halogens is 3. The normalized spacial score (nSPS) is 17.4. The molecule has 0 unspecified atom stereocenters. The number of hydrogen-bond acceptors (Lipinski definition) is 3. The SMILES string of the molecule is O=C(c1ccc(-n2nc(C(F)(F)F)c3c2CNCC3)cc1)N1CCCC1. The predicted octanol–water partition coefficient (Wildman–Crippen LogP) is 2.77. The van der Waals surface area contributed by atoms with Crippen LogP contribution in [-0.2, 0) is 19.1 Å². The number of nitrogens with one attached hydrogen (secondary N) is 1. The van der Waals surface area contributed by atoms with Crippen molar-refractivity contribution >= 4 is 5.91 Å². The lowest BCUT2D eigenvalue weighted by Crippen LogP contribution is -2.27. The Labute approximate surface area is 148 Å². The molecular weight excluding hydrogens is 345 g/mol. The zero-order chi connectivity index (χ0) is 18.3. The zero-order valence-electron chi connectivity index (χ0n) is 14.1. The van der Waals surface area contributed by atoms with Crippen molar-refractivity contribution in [1.82, 2.24) is 20.0 Å². The highest BCUT2D eigenvalue weighted by molar-refractivity contribution is 5.94. The number of amides is 1. The van der Waals surface area contributed by atoms with Crippen LogP contribution < -0.4 is 5.32 Å². The molecule has 0 radical (unpaired) electrons. The van der Waals surface area contributed by atoms with Gasteiger partial charge in [0, 0.05) is 30.8 Å². The van der Waals surface area contributed by atoms with Gasteiger partial charge in [-0.15, -0.1) is 0 Å². The summed E-state index contributed by atoms with van der Waals surface area (Å²) in [6, 6.07) is 6.64. The number of likely N-dealkylation sites (tertiary alicyclic amines) is 1. The van der Waals surface area contributed by atoms with E-state index in [-0.39, 0.29) is 11.5 Å². The van der Waals surface area contributed by atoms with Crippen LogP contribution in [0.4, 0.5) is 13.2 Å². The van der Waals surface area contributed by atoms with Crippen molar-refractivity contribution in [2.75, 3.05) is 19.6 Å². The summed E-state index contributed by atoms with van der Waals surface area (Å²) in [5.74, 6) is -0.0332. The molecule has 26 heavy (non-hydrogen) atoms. The number of alkyl halides is 3. The molecule has 1 amide bonds. The number of rotatable bonds is 2. The van der Waals surface area contributed by atoms with Gasteiger partial charge in [0.25, 0.3) is 5.91 Å². The van der Waals surface area contributed by atoms with Crippen LogP contribution in [0.2, 0.25) is 0 Å². The van der Waals surface area contributed by atoms with E-state index in [1.54, 1.807) is 29.2 Å². The van der Waals surface area contributed by atoms with Gasteiger partial charge in [-0.25, -0.2) is 4.68 Å². The minimum Gasteiger partial charge on any atom is -0.339 e. The maximum absolute atomic E-state index is 13.3. The molecule has 2 aromatic rings. The third-order valence-corrected chi connectivity index (χ3v) is 4.95. The molecule has 2 aliphatic rings. The Morgan fingerprint density at radius 1 is 1.12 bits per heavy atom. The summed E-state index contributed by atoms with van der Waals surface area (Å²) in [6.45, 7) is 2.36. The fourth-order valence-electron chi connectivity index (χ4n) is 3.64. The minimum atomic E-state index is -4.47. The van der Waals surface area contributed by atoms with Gasteiger partial charge < -0.3 is 10.2 Å². The molecule has 0 saturated carbocycles. The molecule has 5 nitrogen and oxygen atoms in total. The Balaban J connectivity index is 1.67. The first-order valence-corrected chi connectivity index (χ1v) is 8.73. The molecule has 1 aromatic carbocycles. The Hall–Kier alpha value is -2.35. The summed E-state index contributed by atoms with van der Waals surface area (Å²) in [5.41, 5.74) is 1.05. The van der Waals surface area contributed by atoms with E-state index in [1.165, 1.54) is 4.68 Å². The Morgan fingerprint density at radius 3 is 2.46 bits per heavy atom. The van der Waals surface area contributed by atoms with Gasteiger partial charge in [0.1, 0.15) is 0 Å². The summed E-state index contributed by atoms with van der Waals surface area (Å²) in [4.78, 5) is 14.2.